The molecule has 0 saturated heterocycles. The highest BCUT2D eigenvalue weighted by Gasteiger charge is 2.39. The number of ether oxygens (including phenoxy) is 1. The van der Waals surface area contributed by atoms with E-state index >= 15 is 0 Å². The minimum atomic E-state index is 0.606. The third-order valence-corrected chi connectivity index (χ3v) is 5.40. The quantitative estimate of drug-likeness (QED) is 0.864. The van der Waals surface area contributed by atoms with Gasteiger partial charge in [0.1, 0.15) is 5.75 Å². The molecule has 4 heteroatoms. The second kappa shape index (κ2) is 6.22. The van der Waals surface area contributed by atoms with Crippen LogP contribution in [0.1, 0.15) is 31.2 Å². The monoisotopic (exact) mass is 304 g/mol. The van der Waals surface area contributed by atoms with Gasteiger partial charge in [-0.2, -0.15) is 0 Å². The molecule has 0 aromatic heterocycles. The summed E-state index contributed by atoms with van der Waals surface area (Å²) in [5, 5.41) is 4.46. The van der Waals surface area contributed by atoms with E-state index in [1.807, 2.05) is 12.1 Å². The summed E-state index contributed by atoms with van der Waals surface area (Å²) in [5.74, 6) is 2.69. The van der Waals surface area contributed by atoms with Crippen LogP contribution >= 0.6 is 12.2 Å². The molecule has 114 valence electrons. The molecule has 1 aromatic rings. The topological polar surface area (TPSA) is 24.5 Å². The molecule has 0 spiro atoms. The van der Waals surface area contributed by atoms with Crippen LogP contribution in [0.3, 0.4) is 0 Å². The van der Waals surface area contributed by atoms with Crippen molar-refractivity contribution in [3.63, 3.8) is 0 Å². The van der Waals surface area contributed by atoms with Crippen molar-refractivity contribution in [2.45, 2.75) is 38.3 Å². The van der Waals surface area contributed by atoms with Crippen LogP contribution in [0.25, 0.3) is 0 Å². The number of fused-ring (bicyclic) bond motifs is 2. The molecule has 1 N–H and O–H groups in total. The molecule has 2 aliphatic rings. The van der Waals surface area contributed by atoms with E-state index in [0.29, 0.717) is 6.04 Å². The predicted molar refractivity (Wildman–Crippen MR) is 89.4 cm³/mol. The average Bonchev–Trinajstić information content (AvgIpc) is 3.10. The fourth-order valence-corrected chi connectivity index (χ4v) is 3.98. The molecule has 0 radical (unpaired) electrons. The molecule has 0 unspecified atom stereocenters. The maximum atomic E-state index is 5.57. The number of methoxy groups -OCH3 is 1. The highest BCUT2D eigenvalue weighted by molar-refractivity contribution is 7.80. The maximum Gasteiger partial charge on any atom is 0.169 e. The lowest BCUT2D eigenvalue weighted by molar-refractivity contribution is 0.373. The Morgan fingerprint density at radius 3 is 2.62 bits per heavy atom. The van der Waals surface area contributed by atoms with E-state index < -0.39 is 0 Å². The molecule has 3 rings (SSSR count). The predicted octanol–water partition coefficient (Wildman–Crippen LogP) is 3.19. The van der Waals surface area contributed by atoms with Gasteiger partial charge in [-0.1, -0.05) is 18.6 Å². The van der Waals surface area contributed by atoms with Gasteiger partial charge in [0.15, 0.2) is 5.11 Å². The van der Waals surface area contributed by atoms with Gasteiger partial charge >= 0.3 is 0 Å². The van der Waals surface area contributed by atoms with E-state index in [1.165, 1.54) is 31.2 Å². The summed E-state index contributed by atoms with van der Waals surface area (Å²) in [6, 6.07) is 8.78. The van der Waals surface area contributed by atoms with Crippen molar-refractivity contribution < 1.29 is 4.74 Å². The van der Waals surface area contributed by atoms with Crippen LogP contribution in [0.5, 0.6) is 5.75 Å². The summed E-state index contributed by atoms with van der Waals surface area (Å²) in [4.78, 5) is 2.13. The zero-order valence-electron chi connectivity index (χ0n) is 12.8. The number of nitrogens with zero attached hydrogens (tertiary/aromatic N) is 1. The summed E-state index contributed by atoms with van der Waals surface area (Å²) >= 11 is 5.57. The molecular formula is C17H24N2OS. The van der Waals surface area contributed by atoms with Gasteiger partial charge in [-0.25, -0.2) is 0 Å². The Balaban J connectivity index is 1.52. The van der Waals surface area contributed by atoms with Crippen molar-refractivity contribution in [3.05, 3.63) is 29.8 Å². The highest BCUT2D eigenvalue weighted by atomic mass is 32.1. The van der Waals surface area contributed by atoms with Gasteiger partial charge in [-0.15, -0.1) is 0 Å². The van der Waals surface area contributed by atoms with Crippen LogP contribution in [-0.4, -0.2) is 30.2 Å². The minimum absolute atomic E-state index is 0.606. The van der Waals surface area contributed by atoms with Crippen LogP contribution < -0.4 is 10.1 Å². The SMILES string of the molecule is COc1ccc(CN(C)C(=S)N[C@@H]2C[C@@H]3CC[C@@H]2C3)cc1. The van der Waals surface area contributed by atoms with Gasteiger partial charge < -0.3 is 15.0 Å². The first kappa shape index (κ1) is 14.6. The van der Waals surface area contributed by atoms with Gasteiger partial charge in [0, 0.05) is 19.6 Å². The minimum Gasteiger partial charge on any atom is -0.497 e. The van der Waals surface area contributed by atoms with Gasteiger partial charge in [0.05, 0.1) is 7.11 Å². The number of rotatable bonds is 4. The van der Waals surface area contributed by atoms with E-state index in [0.717, 1.165) is 29.2 Å². The number of benzene rings is 1. The summed E-state index contributed by atoms with van der Waals surface area (Å²) in [6.07, 6.45) is 5.52. The Kier molecular flexibility index (Phi) is 4.34. The van der Waals surface area contributed by atoms with Crippen LogP contribution in [0.2, 0.25) is 0 Å². The number of hydrogen-bond acceptors (Lipinski definition) is 2. The lowest BCUT2D eigenvalue weighted by atomic mass is 9.95. The van der Waals surface area contributed by atoms with Crippen LogP contribution in [0.4, 0.5) is 0 Å². The fraction of sp³-hybridized carbons (Fsp3) is 0.588. The van der Waals surface area contributed by atoms with E-state index in [-0.39, 0.29) is 0 Å². The van der Waals surface area contributed by atoms with Crippen LogP contribution in [0, 0.1) is 11.8 Å². The summed E-state index contributed by atoms with van der Waals surface area (Å²) in [6.45, 7) is 0.830. The second-order valence-electron chi connectivity index (χ2n) is 6.43. The highest BCUT2D eigenvalue weighted by Crippen LogP contribution is 2.44. The fourth-order valence-electron chi connectivity index (χ4n) is 3.77. The Morgan fingerprint density at radius 2 is 2.05 bits per heavy atom. The molecule has 0 heterocycles. The molecule has 3 nitrogen and oxygen atoms in total. The average molecular weight is 304 g/mol. The van der Waals surface area contributed by atoms with E-state index in [4.69, 9.17) is 17.0 Å². The molecule has 0 aliphatic heterocycles. The Hall–Kier alpha value is -1.29. The largest absolute Gasteiger partial charge is 0.497 e. The molecule has 2 fully saturated rings. The van der Waals surface area contributed by atoms with Gasteiger partial charge in [-0.05, 0) is 61.0 Å². The first-order chi connectivity index (χ1) is 10.2. The summed E-state index contributed by atoms with van der Waals surface area (Å²) in [5.41, 5.74) is 1.25. The van der Waals surface area contributed by atoms with Crippen LogP contribution in [0.15, 0.2) is 24.3 Å². The second-order valence-corrected chi connectivity index (χ2v) is 6.82. The normalized spacial score (nSPS) is 26.7. The third kappa shape index (κ3) is 3.31. The lowest BCUT2D eigenvalue weighted by Gasteiger charge is -2.28. The van der Waals surface area contributed by atoms with Gasteiger partial charge in [0.2, 0.25) is 0 Å². The van der Waals surface area contributed by atoms with Crippen LogP contribution in [-0.2, 0) is 6.54 Å². The molecule has 3 atom stereocenters. The van der Waals surface area contributed by atoms with Crippen molar-refractivity contribution >= 4 is 17.3 Å². The van der Waals surface area contributed by atoms with E-state index in [2.05, 4.69) is 29.4 Å². The summed E-state index contributed by atoms with van der Waals surface area (Å²) < 4.78 is 5.19. The van der Waals surface area contributed by atoms with Gasteiger partial charge in [0.25, 0.3) is 0 Å². The van der Waals surface area contributed by atoms with E-state index in [1.54, 1.807) is 7.11 Å². The molecular weight excluding hydrogens is 280 g/mol. The van der Waals surface area contributed by atoms with Crippen molar-refractivity contribution in [2.24, 2.45) is 11.8 Å². The molecule has 2 bridgehead atoms. The molecule has 2 saturated carbocycles. The Labute approximate surface area is 132 Å². The molecule has 2 aliphatic carbocycles. The Bertz CT molecular complexity index is 502. The zero-order chi connectivity index (χ0) is 14.8. The first-order valence-corrected chi connectivity index (χ1v) is 8.21. The van der Waals surface area contributed by atoms with Crippen molar-refractivity contribution in [2.75, 3.05) is 14.2 Å². The first-order valence-electron chi connectivity index (χ1n) is 7.80. The lowest BCUT2D eigenvalue weighted by Crippen LogP contribution is -2.44. The molecule has 0 amide bonds. The maximum absolute atomic E-state index is 5.57. The molecule has 1 aromatic carbocycles. The van der Waals surface area contributed by atoms with E-state index in [9.17, 15) is 0 Å². The van der Waals surface area contributed by atoms with Gasteiger partial charge in [-0.3, -0.25) is 0 Å². The summed E-state index contributed by atoms with van der Waals surface area (Å²) in [7, 11) is 3.75. The van der Waals surface area contributed by atoms with Crippen molar-refractivity contribution in [1.29, 1.82) is 0 Å². The standard InChI is InChI=1S/C17H24N2OS/c1-19(11-12-4-7-15(20-2)8-5-12)17(21)18-16-10-13-3-6-14(16)9-13/h4-5,7-8,13-14,16H,3,6,9-11H2,1-2H3,(H,18,21)/t13-,14-,16-/m1/s1. The number of thiocarbonyl (C=S) groups is 1. The number of nitrogens with one attached hydrogen (secondary N) is 1. The molecule has 21 heavy (non-hydrogen) atoms. The van der Waals surface area contributed by atoms with Crippen molar-refractivity contribution in [1.82, 2.24) is 10.2 Å². The smallest absolute Gasteiger partial charge is 0.169 e. The van der Waals surface area contributed by atoms with Crippen molar-refractivity contribution in [3.8, 4) is 5.75 Å². The third-order valence-electron chi connectivity index (χ3n) is 4.97. The Morgan fingerprint density at radius 1 is 1.29 bits per heavy atom. The zero-order valence-corrected chi connectivity index (χ0v) is 13.7. The number of hydrogen-bond donors (Lipinski definition) is 1.